The number of ether oxygens (including phenoxy) is 1. The molecule has 1 N–H and O–H groups in total. The zero-order valence-electron chi connectivity index (χ0n) is 18.5. The molecule has 0 unspecified atom stereocenters. The molecular weight excluding hydrogens is 390 g/mol. The number of nitrogens with zero attached hydrogens (tertiary/aromatic N) is 4. The Morgan fingerprint density at radius 3 is 2.65 bits per heavy atom. The van der Waals surface area contributed by atoms with Crippen LogP contribution in [0.4, 0.5) is 17.3 Å². The van der Waals surface area contributed by atoms with Crippen LogP contribution < -0.4 is 15.1 Å². The van der Waals surface area contributed by atoms with Crippen LogP contribution in [0.1, 0.15) is 44.0 Å². The lowest BCUT2D eigenvalue weighted by molar-refractivity contribution is -0.117. The monoisotopic (exact) mass is 421 g/mol. The largest absolute Gasteiger partial charge is 0.378 e. The molecule has 1 saturated carbocycles. The van der Waals surface area contributed by atoms with Crippen molar-refractivity contribution in [3.05, 3.63) is 41.7 Å². The summed E-state index contributed by atoms with van der Waals surface area (Å²) < 4.78 is 5.53. The molecule has 0 bridgehead atoms. The van der Waals surface area contributed by atoms with Crippen molar-refractivity contribution in [2.75, 3.05) is 41.4 Å². The molecule has 7 nitrogen and oxygen atoms in total. The maximum absolute atomic E-state index is 12.8. The number of aromatic nitrogens is 2. The van der Waals surface area contributed by atoms with Gasteiger partial charge in [0.05, 0.1) is 19.3 Å². The van der Waals surface area contributed by atoms with Crippen molar-refractivity contribution in [3.8, 4) is 0 Å². The van der Waals surface area contributed by atoms with Crippen LogP contribution in [0.2, 0.25) is 0 Å². The second-order valence-corrected chi connectivity index (χ2v) is 9.06. The van der Waals surface area contributed by atoms with Crippen LogP contribution in [0.5, 0.6) is 0 Å². The van der Waals surface area contributed by atoms with E-state index in [0.717, 1.165) is 43.2 Å². The Balaban J connectivity index is 1.58. The van der Waals surface area contributed by atoms with Crippen LogP contribution >= 0.6 is 0 Å². The summed E-state index contributed by atoms with van der Waals surface area (Å²) in [6, 6.07) is 8.68. The number of fused-ring (bicyclic) bond motifs is 1. The van der Waals surface area contributed by atoms with E-state index >= 15 is 0 Å². The molecular formula is C24H31N5O2. The lowest BCUT2D eigenvalue weighted by atomic mass is 9.79. The first-order valence-corrected chi connectivity index (χ1v) is 11.4. The third-order valence-corrected chi connectivity index (χ3v) is 6.87. The second kappa shape index (κ2) is 8.11. The molecule has 1 amide bonds. The number of hydrogen-bond acceptors (Lipinski definition) is 6. The van der Waals surface area contributed by atoms with E-state index in [2.05, 4.69) is 50.2 Å². The first-order valence-electron chi connectivity index (χ1n) is 11.4. The summed E-state index contributed by atoms with van der Waals surface area (Å²) >= 11 is 0. The van der Waals surface area contributed by atoms with E-state index in [1.54, 1.807) is 13.1 Å². The summed E-state index contributed by atoms with van der Waals surface area (Å²) in [6.07, 6.45) is 4.17. The zero-order chi connectivity index (χ0) is 21.5. The van der Waals surface area contributed by atoms with Gasteiger partial charge in [0.25, 0.3) is 0 Å². The molecule has 164 valence electrons. The van der Waals surface area contributed by atoms with E-state index in [0.29, 0.717) is 11.9 Å². The van der Waals surface area contributed by atoms with Crippen molar-refractivity contribution in [3.63, 3.8) is 0 Å². The van der Waals surface area contributed by atoms with Crippen molar-refractivity contribution in [1.82, 2.24) is 9.97 Å². The standard InChI is InChI=1S/C24H31N5O2/c1-15-8-9-25-24(26-15)27-22-16(2)23(18-4-5-18)29(17(3)30)21-7-6-19(14-20(21)22)28-10-12-31-13-11-28/h6-9,14,16,18,22-23H,4-5,10-13H2,1-3H3,(H,25,26,27)/t16-,22-,23-/m1/s1. The van der Waals surface area contributed by atoms with Gasteiger partial charge in [-0.1, -0.05) is 6.92 Å². The lowest BCUT2D eigenvalue weighted by Gasteiger charge is -2.46. The maximum atomic E-state index is 12.8. The number of hydrogen-bond donors (Lipinski definition) is 1. The Labute approximate surface area is 183 Å². The van der Waals surface area contributed by atoms with Crippen molar-refractivity contribution in [1.29, 1.82) is 0 Å². The van der Waals surface area contributed by atoms with Crippen molar-refractivity contribution >= 4 is 23.2 Å². The number of anilines is 3. The lowest BCUT2D eigenvalue weighted by Crippen LogP contribution is -2.51. The quantitative estimate of drug-likeness (QED) is 0.814. The average molecular weight is 422 g/mol. The van der Waals surface area contributed by atoms with E-state index in [4.69, 9.17) is 4.74 Å². The van der Waals surface area contributed by atoms with E-state index in [1.807, 2.05) is 13.0 Å². The van der Waals surface area contributed by atoms with Gasteiger partial charge in [0.15, 0.2) is 0 Å². The molecule has 2 fully saturated rings. The number of nitrogens with one attached hydrogen (secondary N) is 1. The fraction of sp³-hybridized carbons (Fsp3) is 0.542. The molecule has 2 aliphatic heterocycles. The minimum Gasteiger partial charge on any atom is -0.378 e. The molecule has 1 saturated heterocycles. The Morgan fingerprint density at radius 1 is 1.19 bits per heavy atom. The number of carbonyl (C=O) groups excluding carboxylic acids is 1. The molecule has 0 spiro atoms. The molecule has 1 aliphatic carbocycles. The predicted octanol–water partition coefficient (Wildman–Crippen LogP) is 3.56. The number of carbonyl (C=O) groups is 1. The van der Waals surface area contributed by atoms with E-state index in [-0.39, 0.29) is 23.9 Å². The number of rotatable bonds is 4. The van der Waals surface area contributed by atoms with Crippen LogP contribution in [0.15, 0.2) is 30.5 Å². The van der Waals surface area contributed by atoms with Gasteiger partial charge < -0.3 is 19.9 Å². The van der Waals surface area contributed by atoms with Crippen molar-refractivity contribution in [2.45, 2.75) is 45.7 Å². The van der Waals surface area contributed by atoms with Crippen molar-refractivity contribution in [2.24, 2.45) is 11.8 Å². The van der Waals surface area contributed by atoms with Gasteiger partial charge in [0.1, 0.15) is 0 Å². The van der Waals surface area contributed by atoms with Gasteiger partial charge >= 0.3 is 0 Å². The van der Waals surface area contributed by atoms with Gasteiger partial charge in [-0.25, -0.2) is 9.97 Å². The van der Waals surface area contributed by atoms with Crippen LogP contribution in [-0.2, 0) is 9.53 Å². The first kappa shape index (κ1) is 20.2. The smallest absolute Gasteiger partial charge is 0.224 e. The molecule has 1 aromatic heterocycles. The summed E-state index contributed by atoms with van der Waals surface area (Å²) in [5.41, 5.74) is 4.28. The number of benzene rings is 1. The highest BCUT2D eigenvalue weighted by molar-refractivity contribution is 5.94. The zero-order valence-corrected chi connectivity index (χ0v) is 18.5. The van der Waals surface area contributed by atoms with Gasteiger partial charge in [-0.2, -0.15) is 0 Å². The average Bonchev–Trinajstić information content (AvgIpc) is 3.60. The fourth-order valence-electron chi connectivity index (χ4n) is 5.23. The molecule has 3 aliphatic rings. The summed E-state index contributed by atoms with van der Waals surface area (Å²) in [4.78, 5) is 26.3. The number of amides is 1. The summed E-state index contributed by atoms with van der Waals surface area (Å²) in [6.45, 7) is 9.19. The minimum absolute atomic E-state index is 0.0407. The molecule has 7 heteroatoms. The van der Waals surface area contributed by atoms with Gasteiger partial charge in [-0.05, 0) is 49.9 Å². The fourth-order valence-corrected chi connectivity index (χ4v) is 5.23. The molecule has 1 aromatic carbocycles. The maximum Gasteiger partial charge on any atom is 0.224 e. The van der Waals surface area contributed by atoms with Crippen LogP contribution in [0.3, 0.4) is 0 Å². The molecule has 2 aromatic rings. The Morgan fingerprint density at radius 2 is 1.97 bits per heavy atom. The van der Waals surface area contributed by atoms with E-state index < -0.39 is 0 Å². The predicted molar refractivity (Wildman–Crippen MR) is 121 cm³/mol. The van der Waals surface area contributed by atoms with Gasteiger partial charge in [0.2, 0.25) is 11.9 Å². The molecule has 31 heavy (non-hydrogen) atoms. The molecule has 3 atom stereocenters. The number of morpholine rings is 1. The SMILES string of the molecule is CC(=O)N1c2ccc(N3CCOCC3)cc2[C@H](Nc2nccc(C)n2)[C@@H](C)[C@@H]1C1CC1. The Kier molecular flexibility index (Phi) is 5.30. The second-order valence-electron chi connectivity index (χ2n) is 9.06. The van der Waals surface area contributed by atoms with Crippen LogP contribution in [-0.4, -0.2) is 48.2 Å². The third-order valence-electron chi connectivity index (χ3n) is 6.87. The van der Waals surface area contributed by atoms with E-state index in [9.17, 15) is 4.79 Å². The van der Waals surface area contributed by atoms with Gasteiger partial charge in [-0.15, -0.1) is 0 Å². The summed E-state index contributed by atoms with van der Waals surface area (Å²) in [7, 11) is 0. The summed E-state index contributed by atoms with van der Waals surface area (Å²) in [5, 5.41) is 3.63. The Bertz CT molecular complexity index is 970. The molecule has 0 radical (unpaired) electrons. The van der Waals surface area contributed by atoms with Crippen molar-refractivity contribution < 1.29 is 9.53 Å². The topological polar surface area (TPSA) is 70.6 Å². The highest BCUT2D eigenvalue weighted by atomic mass is 16.5. The van der Waals surface area contributed by atoms with E-state index in [1.165, 1.54) is 18.5 Å². The minimum atomic E-state index is 0.0407. The highest BCUT2D eigenvalue weighted by Gasteiger charge is 2.47. The highest BCUT2D eigenvalue weighted by Crippen LogP contribution is 2.50. The molecule has 3 heterocycles. The van der Waals surface area contributed by atoms with Crippen LogP contribution in [0, 0.1) is 18.8 Å². The van der Waals surface area contributed by atoms with Gasteiger partial charge in [-0.3, -0.25) is 4.79 Å². The Hall–Kier alpha value is -2.67. The van der Waals surface area contributed by atoms with Crippen LogP contribution in [0.25, 0.3) is 0 Å². The van der Waals surface area contributed by atoms with Gasteiger partial charge in [0, 0.05) is 60.8 Å². The normalized spacial score (nSPS) is 25.8. The molecule has 5 rings (SSSR count). The summed E-state index contributed by atoms with van der Waals surface area (Å²) in [5.74, 6) is 1.57. The number of aryl methyl sites for hydroxylation is 1. The first-order chi connectivity index (χ1) is 15.0. The third kappa shape index (κ3) is 3.87.